The predicted molar refractivity (Wildman–Crippen MR) is 60.3 cm³/mol. The summed E-state index contributed by atoms with van der Waals surface area (Å²) in [6, 6.07) is -0.349. The predicted octanol–water partition coefficient (Wildman–Crippen LogP) is 1.29. The second-order valence-electron chi connectivity index (χ2n) is 4.04. The van der Waals surface area contributed by atoms with Crippen LogP contribution in [0.3, 0.4) is 0 Å². The molecule has 1 aromatic rings. The minimum Gasteiger partial charge on any atom is -0.480 e. The van der Waals surface area contributed by atoms with Crippen LogP contribution in [-0.4, -0.2) is 38.8 Å². The lowest BCUT2D eigenvalue weighted by Crippen LogP contribution is -2.43. The fourth-order valence-electron chi connectivity index (χ4n) is 2.04. The quantitative estimate of drug-likeness (QED) is 0.863. The molecule has 1 aliphatic rings. The van der Waals surface area contributed by atoms with E-state index in [-0.39, 0.29) is 6.04 Å². The normalized spacial score (nSPS) is 22.2. The number of aryl methyl sites for hydroxylation is 1. The maximum atomic E-state index is 11.1. The monoisotopic (exact) mass is 241 g/mol. The van der Waals surface area contributed by atoms with Gasteiger partial charge in [-0.1, -0.05) is 6.42 Å². The number of aromatic nitrogens is 2. The van der Waals surface area contributed by atoms with Crippen molar-refractivity contribution in [1.82, 2.24) is 15.1 Å². The minimum atomic E-state index is -0.721. The van der Waals surface area contributed by atoms with Crippen LogP contribution in [0.15, 0.2) is 0 Å². The summed E-state index contributed by atoms with van der Waals surface area (Å²) < 4.78 is 0. The number of likely N-dealkylation sites (tertiary alicyclic amines) is 1. The van der Waals surface area contributed by atoms with Crippen molar-refractivity contribution in [3.05, 3.63) is 10.0 Å². The fraction of sp³-hybridized carbons (Fsp3) is 0.700. The zero-order valence-corrected chi connectivity index (χ0v) is 10.0. The van der Waals surface area contributed by atoms with Gasteiger partial charge >= 0.3 is 5.97 Å². The Morgan fingerprint density at radius 1 is 1.56 bits per heavy atom. The molecule has 1 unspecified atom stereocenters. The van der Waals surface area contributed by atoms with E-state index in [1.807, 2.05) is 11.8 Å². The molecule has 5 nitrogen and oxygen atoms in total. The number of carboxylic acid groups (broad SMARTS) is 1. The first-order valence-corrected chi connectivity index (χ1v) is 6.24. The number of rotatable bonds is 3. The highest BCUT2D eigenvalue weighted by Crippen LogP contribution is 2.21. The SMILES string of the molecule is Cc1nnc(CN2CCCCC2C(=O)O)s1. The molecule has 0 amide bonds. The van der Waals surface area contributed by atoms with Crippen molar-refractivity contribution >= 4 is 17.3 Å². The first-order chi connectivity index (χ1) is 7.66. The zero-order chi connectivity index (χ0) is 11.5. The third kappa shape index (κ3) is 2.56. The number of hydrogen-bond donors (Lipinski definition) is 1. The van der Waals surface area contributed by atoms with E-state index >= 15 is 0 Å². The van der Waals surface area contributed by atoms with E-state index < -0.39 is 5.97 Å². The molecule has 0 radical (unpaired) electrons. The summed E-state index contributed by atoms with van der Waals surface area (Å²) in [5.41, 5.74) is 0. The van der Waals surface area contributed by atoms with Crippen molar-refractivity contribution in [1.29, 1.82) is 0 Å². The summed E-state index contributed by atoms with van der Waals surface area (Å²) in [5.74, 6) is -0.721. The number of carbonyl (C=O) groups is 1. The molecule has 16 heavy (non-hydrogen) atoms. The van der Waals surface area contributed by atoms with E-state index in [9.17, 15) is 4.79 Å². The Morgan fingerprint density at radius 2 is 2.38 bits per heavy atom. The highest BCUT2D eigenvalue weighted by atomic mass is 32.1. The molecule has 1 aromatic heterocycles. The Morgan fingerprint density at radius 3 is 3.00 bits per heavy atom. The van der Waals surface area contributed by atoms with Crippen LogP contribution in [0.1, 0.15) is 29.3 Å². The average molecular weight is 241 g/mol. The molecule has 88 valence electrons. The van der Waals surface area contributed by atoms with Gasteiger partial charge in [-0.25, -0.2) is 0 Å². The van der Waals surface area contributed by atoms with Crippen LogP contribution in [-0.2, 0) is 11.3 Å². The van der Waals surface area contributed by atoms with Gasteiger partial charge in [0.25, 0.3) is 0 Å². The second kappa shape index (κ2) is 4.88. The van der Waals surface area contributed by atoms with Crippen LogP contribution in [0.5, 0.6) is 0 Å². The molecule has 0 saturated carbocycles. The van der Waals surface area contributed by atoms with Crippen LogP contribution in [0.4, 0.5) is 0 Å². The van der Waals surface area contributed by atoms with Crippen LogP contribution < -0.4 is 0 Å². The number of carboxylic acids is 1. The van der Waals surface area contributed by atoms with Gasteiger partial charge in [0.2, 0.25) is 0 Å². The molecule has 1 saturated heterocycles. The van der Waals surface area contributed by atoms with E-state index in [1.165, 1.54) is 11.3 Å². The molecular formula is C10H15N3O2S. The molecule has 6 heteroatoms. The molecular weight excluding hydrogens is 226 g/mol. The van der Waals surface area contributed by atoms with Crippen molar-refractivity contribution in [2.45, 2.75) is 38.8 Å². The molecule has 2 heterocycles. The van der Waals surface area contributed by atoms with E-state index in [0.29, 0.717) is 6.54 Å². The molecule has 2 rings (SSSR count). The van der Waals surface area contributed by atoms with Crippen molar-refractivity contribution in [3.8, 4) is 0 Å². The summed E-state index contributed by atoms with van der Waals surface area (Å²) in [6.45, 7) is 3.37. The topological polar surface area (TPSA) is 66.3 Å². The molecule has 1 N–H and O–H groups in total. The van der Waals surface area contributed by atoms with Gasteiger partial charge in [-0.15, -0.1) is 21.5 Å². The summed E-state index contributed by atoms with van der Waals surface area (Å²) in [6.07, 6.45) is 2.82. The maximum Gasteiger partial charge on any atom is 0.320 e. The highest BCUT2D eigenvalue weighted by Gasteiger charge is 2.28. The molecule has 1 aliphatic heterocycles. The molecule has 0 bridgehead atoms. The van der Waals surface area contributed by atoms with E-state index in [1.54, 1.807) is 0 Å². The Hall–Kier alpha value is -1.01. The standard InChI is InChI=1S/C10H15N3O2S/c1-7-11-12-9(16-7)6-13-5-3-2-4-8(13)10(14)15/h8H,2-6H2,1H3,(H,14,15). The number of nitrogens with zero attached hydrogens (tertiary/aromatic N) is 3. The molecule has 1 atom stereocenters. The Balaban J connectivity index is 2.03. The first kappa shape index (κ1) is 11.5. The van der Waals surface area contributed by atoms with Crippen molar-refractivity contribution in [3.63, 3.8) is 0 Å². The minimum absolute atomic E-state index is 0.349. The summed E-state index contributed by atoms with van der Waals surface area (Å²) in [5, 5.41) is 18.9. The van der Waals surface area contributed by atoms with Crippen LogP contribution in [0.2, 0.25) is 0 Å². The second-order valence-corrected chi connectivity index (χ2v) is 5.30. The van der Waals surface area contributed by atoms with E-state index in [2.05, 4.69) is 10.2 Å². The summed E-state index contributed by atoms with van der Waals surface area (Å²) in [4.78, 5) is 13.1. The van der Waals surface area contributed by atoms with Gasteiger partial charge in [0.15, 0.2) is 0 Å². The highest BCUT2D eigenvalue weighted by molar-refractivity contribution is 7.11. The smallest absolute Gasteiger partial charge is 0.320 e. The van der Waals surface area contributed by atoms with Gasteiger partial charge in [0.1, 0.15) is 16.1 Å². The van der Waals surface area contributed by atoms with Crippen molar-refractivity contribution in [2.24, 2.45) is 0 Å². The Labute approximate surface area is 98.1 Å². The Kier molecular flexibility index (Phi) is 3.50. The van der Waals surface area contributed by atoms with E-state index in [0.717, 1.165) is 35.8 Å². The lowest BCUT2D eigenvalue weighted by molar-refractivity contribution is -0.144. The average Bonchev–Trinajstić information content (AvgIpc) is 2.64. The lowest BCUT2D eigenvalue weighted by Gasteiger charge is -2.31. The van der Waals surface area contributed by atoms with Crippen LogP contribution in [0, 0.1) is 6.92 Å². The van der Waals surface area contributed by atoms with Crippen molar-refractivity contribution < 1.29 is 9.90 Å². The van der Waals surface area contributed by atoms with Gasteiger partial charge in [-0.3, -0.25) is 9.69 Å². The fourth-order valence-corrected chi connectivity index (χ4v) is 2.77. The van der Waals surface area contributed by atoms with Crippen molar-refractivity contribution in [2.75, 3.05) is 6.54 Å². The van der Waals surface area contributed by atoms with E-state index in [4.69, 9.17) is 5.11 Å². The van der Waals surface area contributed by atoms with Gasteiger partial charge in [0, 0.05) is 0 Å². The lowest BCUT2D eigenvalue weighted by atomic mass is 10.0. The largest absolute Gasteiger partial charge is 0.480 e. The summed E-state index contributed by atoms with van der Waals surface area (Å²) >= 11 is 1.54. The Bertz CT molecular complexity index is 380. The molecule has 0 aliphatic carbocycles. The third-order valence-electron chi connectivity index (χ3n) is 2.80. The third-order valence-corrected chi connectivity index (χ3v) is 3.63. The zero-order valence-electron chi connectivity index (χ0n) is 9.22. The van der Waals surface area contributed by atoms with Crippen LogP contribution in [0.25, 0.3) is 0 Å². The first-order valence-electron chi connectivity index (χ1n) is 5.42. The van der Waals surface area contributed by atoms with Gasteiger partial charge < -0.3 is 5.11 Å². The molecule has 0 spiro atoms. The summed E-state index contributed by atoms with van der Waals surface area (Å²) in [7, 11) is 0. The van der Waals surface area contributed by atoms with Crippen LogP contribution >= 0.6 is 11.3 Å². The van der Waals surface area contributed by atoms with Gasteiger partial charge in [-0.05, 0) is 26.3 Å². The molecule has 0 aromatic carbocycles. The number of piperidine rings is 1. The van der Waals surface area contributed by atoms with Gasteiger partial charge in [-0.2, -0.15) is 0 Å². The maximum absolute atomic E-state index is 11.1. The van der Waals surface area contributed by atoms with Gasteiger partial charge in [0.05, 0.1) is 6.54 Å². The number of aliphatic carboxylic acids is 1. The molecule has 1 fully saturated rings. The number of hydrogen-bond acceptors (Lipinski definition) is 5.